The van der Waals surface area contributed by atoms with Gasteiger partial charge in [-0.25, -0.2) is 0 Å². The predicted molar refractivity (Wildman–Crippen MR) is 70.0 cm³/mol. The molecule has 0 saturated carbocycles. The van der Waals surface area contributed by atoms with Crippen molar-refractivity contribution in [2.75, 3.05) is 0 Å². The molecule has 0 aliphatic carbocycles. The first kappa shape index (κ1) is 15.4. The van der Waals surface area contributed by atoms with Gasteiger partial charge in [-0.2, -0.15) is 13.2 Å². The molecule has 0 aromatic heterocycles. The zero-order valence-electron chi connectivity index (χ0n) is 11.0. The Morgan fingerprint density at radius 1 is 1.45 bits per heavy atom. The molecule has 2 rings (SSSR count). The van der Waals surface area contributed by atoms with Gasteiger partial charge in [0.15, 0.2) is 0 Å². The smallest absolute Gasteiger partial charge is 0.389 e. The molecular weight excluding hydrogens is 293 g/mol. The normalized spacial score (nSPS) is 26.0. The van der Waals surface area contributed by atoms with E-state index in [1.165, 1.54) is 0 Å². The van der Waals surface area contributed by atoms with Crippen LogP contribution in [0.5, 0.6) is 5.75 Å². The Bertz CT molecular complexity index is 490. The summed E-state index contributed by atoms with van der Waals surface area (Å²) in [5.74, 6) is 0.489. The van der Waals surface area contributed by atoms with Crippen molar-refractivity contribution >= 4 is 11.6 Å². The molecule has 20 heavy (non-hydrogen) atoms. The van der Waals surface area contributed by atoms with Crippen LogP contribution in [-0.2, 0) is 0 Å². The molecule has 0 spiro atoms. The van der Waals surface area contributed by atoms with Gasteiger partial charge in [-0.15, -0.1) is 0 Å². The average Bonchev–Trinajstić information content (AvgIpc) is 2.28. The molecule has 2 atom stereocenters. The number of benzene rings is 1. The van der Waals surface area contributed by atoms with Crippen molar-refractivity contribution in [3.63, 3.8) is 0 Å². The molecule has 0 saturated heterocycles. The molecule has 1 aromatic carbocycles. The number of hydrogen-bond acceptors (Lipinski definition) is 2. The Kier molecular flexibility index (Phi) is 4.21. The number of rotatable bonds is 3. The SMILES string of the molecule is CC1(CCCC(F)(F)F)C[C@H](O)c2cc(Cl)ccc2O1. The van der Waals surface area contributed by atoms with Crippen molar-refractivity contribution in [2.45, 2.75) is 50.5 Å². The van der Waals surface area contributed by atoms with Crippen molar-refractivity contribution in [2.24, 2.45) is 0 Å². The van der Waals surface area contributed by atoms with E-state index in [0.717, 1.165) is 0 Å². The van der Waals surface area contributed by atoms with E-state index in [4.69, 9.17) is 16.3 Å². The van der Waals surface area contributed by atoms with Crippen LogP contribution in [-0.4, -0.2) is 16.9 Å². The molecule has 0 radical (unpaired) electrons. The van der Waals surface area contributed by atoms with Crippen LogP contribution in [0.15, 0.2) is 18.2 Å². The quantitative estimate of drug-likeness (QED) is 0.881. The molecule has 1 aliphatic heterocycles. The Morgan fingerprint density at radius 2 is 2.15 bits per heavy atom. The third-order valence-electron chi connectivity index (χ3n) is 3.48. The van der Waals surface area contributed by atoms with E-state index < -0.39 is 24.3 Å². The first-order valence-electron chi connectivity index (χ1n) is 6.42. The summed E-state index contributed by atoms with van der Waals surface area (Å²) >= 11 is 5.86. The van der Waals surface area contributed by atoms with Gasteiger partial charge in [-0.05, 0) is 38.0 Å². The van der Waals surface area contributed by atoms with Gasteiger partial charge in [0.1, 0.15) is 11.4 Å². The molecule has 1 N–H and O–H groups in total. The lowest BCUT2D eigenvalue weighted by molar-refractivity contribution is -0.138. The molecular formula is C14H16ClF3O2. The van der Waals surface area contributed by atoms with E-state index in [-0.39, 0.29) is 19.3 Å². The van der Waals surface area contributed by atoms with E-state index in [2.05, 4.69) is 0 Å². The monoisotopic (exact) mass is 308 g/mol. The third kappa shape index (κ3) is 3.79. The highest BCUT2D eigenvalue weighted by molar-refractivity contribution is 6.30. The van der Waals surface area contributed by atoms with Gasteiger partial charge in [0.05, 0.1) is 6.10 Å². The van der Waals surface area contributed by atoms with Crippen LogP contribution in [0.3, 0.4) is 0 Å². The van der Waals surface area contributed by atoms with Crippen LogP contribution in [0.25, 0.3) is 0 Å². The summed E-state index contributed by atoms with van der Waals surface area (Å²) in [5.41, 5.74) is -0.198. The van der Waals surface area contributed by atoms with Gasteiger partial charge in [0.25, 0.3) is 0 Å². The van der Waals surface area contributed by atoms with Crippen molar-refractivity contribution in [1.82, 2.24) is 0 Å². The number of ether oxygens (including phenoxy) is 1. The van der Waals surface area contributed by atoms with Crippen LogP contribution in [0.1, 0.15) is 44.3 Å². The Labute approximate surface area is 120 Å². The number of fused-ring (bicyclic) bond motifs is 1. The van der Waals surface area contributed by atoms with E-state index in [1.54, 1.807) is 25.1 Å². The van der Waals surface area contributed by atoms with Gasteiger partial charge in [0.2, 0.25) is 0 Å². The zero-order valence-corrected chi connectivity index (χ0v) is 11.8. The number of hydrogen-bond donors (Lipinski definition) is 1. The van der Waals surface area contributed by atoms with Gasteiger partial charge < -0.3 is 9.84 Å². The molecule has 1 aliphatic rings. The molecule has 1 heterocycles. The Hall–Kier alpha value is -0.940. The third-order valence-corrected chi connectivity index (χ3v) is 3.71. The van der Waals surface area contributed by atoms with Crippen LogP contribution >= 0.6 is 11.6 Å². The molecule has 2 nitrogen and oxygen atoms in total. The summed E-state index contributed by atoms with van der Waals surface area (Å²) < 4.78 is 42.3. The molecule has 1 unspecified atom stereocenters. The minimum absolute atomic E-state index is 0.0182. The molecule has 0 bridgehead atoms. The topological polar surface area (TPSA) is 29.5 Å². The fourth-order valence-electron chi connectivity index (χ4n) is 2.51. The second-order valence-electron chi connectivity index (χ2n) is 5.42. The van der Waals surface area contributed by atoms with Crippen molar-refractivity contribution in [3.8, 4) is 5.75 Å². The van der Waals surface area contributed by atoms with Gasteiger partial charge >= 0.3 is 6.18 Å². The lowest BCUT2D eigenvalue weighted by Crippen LogP contribution is -2.38. The number of aliphatic hydroxyl groups is 1. The fraction of sp³-hybridized carbons (Fsp3) is 0.571. The van der Waals surface area contributed by atoms with Gasteiger partial charge in [0, 0.05) is 23.4 Å². The van der Waals surface area contributed by atoms with Crippen molar-refractivity contribution < 1.29 is 23.0 Å². The molecule has 1 aromatic rings. The summed E-state index contributed by atoms with van der Waals surface area (Å²) in [5, 5.41) is 10.6. The Balaban J connectivity index is 2.06. The van der Waals surface area contributed by atoms with E-state index in [1.807, 2.05) is 0 Å². The molecule has 0 fully saturated rings. The number of aliphatic hydroxyl groups excluding tert-OH is 1. The van der Waals surface area contributed by atoms with Gasteiger partial charge in [-0.3, -0.25) is 0 Å². The van der Waals surface area contributed by atoms with Crippen LogP contribution in [0, 0.1) is 0 Å². The highest BCUT2D eigenvalue weighted by Crippen LogP contribution is 2.43. The fourth-order valence-corrected chi connectivity index (χ4v) is 2.70. The minimum atomic E-state index is -4.16. The lowest BCUT2D eigenvalue weighted by atomic mass is 9.86. The predicted octanol–water partition coefficient (Wildman–Crippen LogP) is 4.65. The number of alkyl halides is 3. The van der Waals surface area contributed by atoms with Crippen molar-refractivity contribution in [1.29, 1.82) is 0 Å². The summed E-state index contributed by atoms with van der Waals surface area (Å²) in [6.45, 7) is 1.73. The summed E-state index contributed by atoms with van der Waals surface area (Å²) in [4.78, 5) is 0. The minimum Gasteiger partial charge on any atom is -0.487 e. The average molecular weight is 309 g/mol. The summed E-state index contributed by atoms with van der Waals surface area (Å²) in [6.07, 6.45) is -5.28. The van der Waals surface area contributed by atoms with E-state index >= 15 is 0 Å². The maximum atomic E-state index is 12.2. The molecule has 0 amide bonds. The molecule has 112 valence electrons. The lowest BCUT2D eigenvalue weighted by Gasteiger charge is -2.38. The number of halogens is 4. The largest absolute Gasteiger partial charge is 0.487 e. The highest BCUT2D eigenvalue weighted by Gasteiger charge is 2.37. The van der Waals surface area contributed by atoms with Gasteiger partial charge in [-0.1, -0.05) is 11.6 Å². The van der Waals surface area contributed by atoms with E-state index in [9.17, 15) is 18.3 Å². The second kappa shape index (κ2) is 5.45. The first-order valence-corrected chi connectivity index (χ1v) is 6.80. The molecule has 6 heteroatoms. The Morgan fingerprint density at radius 3 is 2.80 bits per heavy atom. The maximum absolute atomic E-state index is 12.2. The van der Waals surface area contributed by atoms with Crippen LogP contribution < -0.4 is 4.74 Å². The summed E-state index contributed by atoms with van der Waals surface area (Å²) in [7, 11) is 0. The summed E-state index contributed by atoms with van der Waals surface area (Å²) in [6, 6.07) is 4.90. The second-order valence-corrected chi connectivity index (χ2v) is 5.86. The standard InChI is InChI=1S/C14H16ClF3O2/c1-13(5-2-6-14(16,17)18)8-11(19)10-7-9(15)3-4-12(10)20-13/h3-4,7,11,19H,2,5-6,8H2,1H3/t11-,13?/m0/s1. The van der Waals surface area contributed by atoms with E-state index in [0.29, 0.717) is 16.3 Å². The van der Waals surface area contributed by atoms with Crippen LogP contribution in [0.4, 0.5) is 13.2 Å². The van der Waals surface area contributed by atoms with Crippen LogP contribution in [0.2, 0.25) is 5.02 Å². The first-order chi connectivity index (χ1) is 9.19. The zero-order chi connectivity index (χ0) is 15.0. The maximum Gasteiger partial charge on any atom is 0.389 e. The highest BCUT2D eigenvalue weighted by atomic mass is 35.5. The van der Waals surface area contributed by atoms with Crippen molar-refractivity contribution in [3.05, 3.63) is 28.8 Å².